The van der Waals surface area contributed by atoms with Gasteiger partial charge >= 0.3 is 5.97 Å². The van der Waals surface area contributed by atoms with E-state index in [1.54, 1.807) is 0 Å². The summed E-state index contributed by atoms with van der Waals surface area (Å²) in [5.41, 5.74) is 0. The fourth-order valence-corrected chi connectivity index (χ4v) is 3.59. The Balaban J connectivity index is 0.00000264. The van der Waals surface area contributed by atoms with Gasteiger partial charge in [0.2, 0.25) is 5.91 Å². The van der Waals surface area contributed by atoms with E-state index in [9.17, 15) is 9.59 Å². The van der Waals surface area contributed by atoms with Crippen LogP contribution >= 0.6 is 12.4 Å². The largest absolute Gasteiger partial charge is 0.466 e. The number of amides is 1. The molecule has 3 atom stereocenters. The van der Waals surface area contributed by atoms with Crippen LogP contribution in [0.15, 0.2) is 0 Å². The van der Waals surface area contributed by atoms with Crippen molar-refractivity contribution >= 4 is 24.3 Å². The number of piperidine rings is 2. The van der Waals surface area contributed by atoms with E-state index in [1.807, 2.05) is 11.8 Å². The molecule has 6 heteroatoms. The van der Waals surface area contributed by atoms with Gasteiger partial charge in [0.25, 0.3) is 0 Å². The molecular weight excluding hydrogens is 316 g/mol. The first-order chi connectivity index (χ1) is 10.6. The monoisotopic (exact) mass is 346 g/mol. The van der Waals surface area contributed by atoms with Gasteiger partial charge in [-0.1, -0.05) is 6.92 Å². The summed E-state index contributed by atoms with van der Waals surface area (Å²) in [4.78, 5) is 26.3. The predicted molar refractivity (Wildman–Crippen MR) is 92.6 cm³/mol. The molecule has 2 aliphatic heterocycles. The number of nitrogens with zero attached hydrogens (tertiary/aromatic N) is 1. The second-order valence-corrected chi connectivity index (χ2v) is 6.72. The van der Waals surface area contributed by atoms with Crippen molar-refractivity contribution < 1.29 is 14.3 Å². The Bertz CT molecular complexity index is 386. The summed E-state index contributed by atoms with van der Waals surface area (Å²) in [7, 11) is 0. The minimum Gasteiger partial charge on any atom is -0.466 e. The van der Waals surface area contributed by atoms with Gasteiger partial charge in [0.1, 0.15) is 0 Å². The van der Waals surface area contributed by atoms with Crippen LogP contribution in [0, 0.1) is 17.8 Å². The van der Waals surface area contributed by atoms with Crippen LogP contribution < -0.4 is 5.32 Å². The van der Waals surface area contributed by atoms with E-state index >= 15 is 0 Å². The van der Waals surface area contributed by atoms with Gasteiger partial charge in [-0.25, -0.2) is 0 Å². The molecule has 0 bridgehead atoms. The Morgan fingerprint density at radius 1 is 1.30 bits per heavy atom. The van der Waals surface area contributed by atoms with Gasteiger partial charge in [0, 0.05) is 19.5 Å². The molecule has 0 aromatic heterocycles. The Kier molecular flexibility index (Phi) is 8.92. The topological polar surface area (TPSA) is 58.6 Å². The summed E-state index contributed by atoms with van der Waals surface area (Å²) in [5.74, 6) is 0.924. The van der Waals surface area contributed by atoms with E-state index in [1.165, 1.54) is 12.8 Å². The first kappa shape index (κ1) is 20.2. The van der Waals surface area contributed by atoms with E-state index in [0.29, 0.717) is 31.4 Å². The maximum absolute atomic E-state index is 12.5. The second kappa shape index (κ2) is 10.1. The van der Waals surface area contributed by atoms with Crippen LogP contribution in [0.5, 0.6) is 0 Å². The van der Waals surface area contributed by atoms with E-state index < -0.39 is 0 Å². The molecule has 0 aromatic carbocycles. The molecule has 23 heavy (non-hydrogen) atoms. The van der Waals surface area contributed by atoms with Gasteiger partial charge in [0.15, 0.2) is 0 Å². The first-order valence-electron chi connectivity index (χ1n) is 8.77. The molecule has 134 valence electrons. The van der Waals surface area contributed by atoms with Crippen LogP contribution in [0.25, 0.3) is 0 Å². The zero-order valence-corrected chi connectivity index (χ0v) is 15.2. The number of carbonyl (C=O) groups excluding carboxylic acids is 2. The van der Waals surface area contributed by atoms with E-state index in [4.69, 9.17) is 4.74 Å². The number of esters is 1. The number of halogens is 1. The van der Waals surface area contributed by atoms with Crippen LogP contribution in [0.4, 0.5) is 0 Å². The summed E-state index contributed by atoms with van der Waals surface area (Å²) in [5, 5.41) is 3.42. The van der Waals surface area contributed by atoms with Crippen molar-refractivity contribution in [2.75, 3.05) is 32.8 Å². The number of hydrogen-bond donors (Lipinski definition) is 1. The third-order valence-corrected chi connectivity index (χ3v) is 5.03. The van der Waals surface area contributed by atoms with Crippen molar-refractivity contribution in [3.05, 3.63) is 0 Å². The summed E-state index contributed by atoms with van der Waals surface area (Å²) in [6.45, 7) is 7.86. The fraction of sp³-hybridized carbons (Fsp3) is 0.882. The average Bonchev–Trinajstić information content (AvgIpc) is 2.56. The molecule has 2 heterocycles. The van der Waals surface area contributed by atoms with Gasteiger partial charge in [-0.15, -0.1) is 12.4 Å². The molecule has 2 aliphatic rings. The predicted octanol–water partition coefficient (Wildman–Crippen LogP) is 2.24. The number of ether oxygens (including phenoxy) is 1. The van der Waals surface area contributed by atoms with Gasteiger partial charge < -0.3 is 15.0 Å². The lowest BCUT2D eigenvalue weighted by atomic mass is 9.85. The van der Waals surface area contributed by atoms with Crippen molar-refractivity contribution in [3.8, 4) is 0 Å². The fourth-order valence-electron chi connectivity index (χ4n) is 3.59. The highest BCUT2D eigenvalue weighted by Gasteiger charge is 2.31. The molecule has 2 fully saturated rings. The van der Waals surface area contributed by atoms with Crippen LogP contribution in [0.1, 0.15) is 46.0 Å². The van der Waals surface area contributed by atoms with Crippen molar-refractivity contribution in [3.63, 3.8) is 0 Å². The lowest BCUT2D eigenvalue weighted by Gasteiger charge is -2.34. The van der Waals surface area contributed by atoms with Crippen LogP contribution in [0.2, 0.25) is 0 Å². The number of likely N-dealkylation sites (tertiary alicyclic amines) is 1. The van der Waals surface area contributed by atoms with Crippen molar-refractivity contribution in [1.82, 2.24) is 10.2 Å². The van der Waals surface area contributed by atoms with Crippen LogP contribution in [-0.4, -0.2) is 49.6 Å². The Hall–Kier alpha value is -0.810. The second-order valence-electron chi connectivity index (χ2n) is 6.72. The van der Waals surface area contributed by atoms with E-state index in [0.717, 1.165) is 32.5 Å². The number of hydrogen-bond acceptors (Lipinski definition) is 4. The van der Waals surface area contributed by atoms with E-state index in [2.05, 4.69) is 12.2 Å². The van der Waals surface area contributed by atoms with E-state index in [-0.39, 0.29) is 30.2 Å². The van der Waals surface area contributed by atoms with Crippen LogP contribution in [-0.2, 0) is 14.3 Å². The highest BCUT2D eigenvalue weighted by molar-refractivity contribution is 5.85. The SMILES string of the molecule is CCOC(=O)C1CCCN(C(=O)CC(C)C2CCCNC2)C1.Cl. The minimum absolute atomic E-state index is 0. The zero-order valence-electron chi connectivity index (χ0n) is 14.4. The molecule has 1 N–H and O–H groups in total. The van der Waals surface area contributed by atoms with Crippen molar-refractivity contribution in [2.24, 2.45) is 17.8 Å². The maximum atomic E-state index is 12.5. The average molecular weight is 347 g/mol. The molecule has 2 rings (SSSR count). The Labute approximate surface area is 145 Å². The number of rotatable bonds is 5. The van der Waals surface area contributed by atoms with Crippen LogP contribution in [0.3, 0.4) is 0 Å². The Morgan fingerprint density at radius 2 is 2.09 bits per heavy atom. The lowest BCUT2D eigenvalue weighted by Crippen LogP contribution is -2.44. The smallest absolute Gasteiger partial charge is 0.310 e. The Morgan fingerprint density at radius 3 is 2.74 bits per heavy atom. The van der Waals surface area contributed by atoms with Crippen molar-refractivity contribution in [2.45, 2.75) is 46.0 Å². The highest BCUT2D eigenvalue weighted by Crippen LogP contribution is 2.25. The molecule has 0 spiro atoms. The van der Waals surface area contributed by atoms with Gasteiger partial charge in [0.05, 0.1) is 12.5 Å². The van der Waals surface area contributed by atoms with Gasteiger partial charge in [-0.2, -0.15) is 0 Å². The molecule has 5 nitrogen and oxygen atoms in total. The third-order valence-electron chi connectivity index (χ3n) is 5.03. The summed E-state index contributed by atoms with van der Waals surface area (Å²) in [6.07, 6.45) is 4.76. The molecule has 0 saturated carbocycles. The van der Waals surface area contributed by atoms with Crippen molar-refractivity contribution in [1.29, 1.82) is 0 Å². The normalized spacial score (nSPS) is 26.1. The van der Waals surface area contributed by atoms with Gasteiger partial charge in [-0.3, -0.25) is 9.59 Å². The molecule has 1 amide bonds. The summed E-state index contributed by atoms with van der Waals surface area (Å²) in [6, 6.07) is 0. The molecule has 2 saturated heterocycles. The molecule has 0 aromatic rings. The molecule has 3 unspecified atom stereocenters. The summed E-state index contributed by atoms with van der Waals surface area (Å²) >= 11 is 0. The number of carbonyl (C=O) groups is 2. The molecule has 0 aliphatic carbocycles. The zero-order chi connectivity index (χ0) is 15.9. The maximum Gasteiger partial charge on any atom is 0.310 e. The minimum atomic E-state index is -0.149. The number of nitrogens with one attached hydrogen (secondary N) is 1. The molecular formula is C17H31ClN2O3. The quantitative estimate of drug-likeness (QED) is 0.775. The lowest BCUT2D eigenvalue weighted by molar-refractivity contribution is -0.151. The molecule has 0 radical (unpaired) electrons. The summed E-state index contributed by atoms with van der Waals surface area (Å²) < 4.78 is 5.10. The standard InChI is InChI=1S/C17H30N2O3.ClH/c1-3-22-17(21)15-7-5-9-19(12-15)16(20)10-13(2)14-6-4-8-18-11-14;/h13-15,18H,3-12H2,1-2H3;1H. The highest BCUT2D eigenvalue weighted by atomic mass is 35.5. The van der Waals surface area contributed by atoms with Gasteiger partial charge in [-0.05, 0) is 57.5 Å². The first-order valence-corrected chi connectivity index (χ1v) is 8.77. The third kappa shape index (κ3) is 5.96.